The van der Waals surface area contributed by atoms with Gasteiger partial charge in [0.1, 0.15) is 32.7 Å². The van der Waals surface area contributed by atoms with Gasteiger partial charge in [-0.2, -0.15) is 0 Å². The van der Waals surface area contributed by atoms with Gasteiger partial charge in [0, 0.05) is 18.7 Å². The van der Waals surface area contributed by atoms with Crippen LogP contribution in [0.25, 0.3) is 0 Å². The average molecular weight is 426 g/mol. The zero-order valence-electron chi connectivity index (χ0n) is 19.0. The lowest BCUT2D eigenvalue weighted by Gasteiger charge is -2.33. The Labute approximate surface area is 185 Å². The van der Waals surface area contributed by atoms with E-state index in [1.54, 1.807) is 19.1 Å². The van der Waals surface area contributed by atoms with Crippen molar-refractivity contribution in [2.75, 3.05) is 53.5 Å². The summed E-state index contributed by atoms with van der Waals surface area (Å²) >= 11 is 0. The molecule has 2 aliphatic rings. The molecule has 2 N–H and O–H groups in total. The Morgan fingerprint density at radius 1 is 0.968 bits per heavy atom. The molecule has 4 rings (SSSR count). The molecule has 0 spiro atoms. The van der Waals surface area contributed by atoms with E-state index in [4.69, 9.17) is 9.47 Å². The number of nitrogens with one attached hydrogen (secondary N) is 2. The van der Waals surface area contributed by atoms with Crippen molar-refractivity contribution in [1.82, 2.24) is 4.90 Å². The molecule has 2 aromatic carbocycles. The molecule has 0 aromatic heterocycles. The number of rotatable bonds is 6. The Balaban J connectivity index is 1.29. The standard InChI is InChI=1S/C25H33N3O3/c1-19-5-4-6-20(13-19)16-26-9-11-27(12-10-26)18-25(29)28-8-7-21-14-23(30-2)24(31-3)15-22(21)17-28/h4-6,13-15H,7-12,16-18H2,1-3H3/p+2. The third kappa shape index (κ3) is 5.20. The van der Waals surface area contributed by atoms with Crippen molar-refractivity contribution in [2.24, 2.45) is 0 Å². The summed E-state index contributed by atoms with van der Waals surface area (Å²) in [5.74, 6) is 1.75. The number of piperazine rings is 1. The van der Waals surface area contributed by atoms with Crippen LogP contribution in [-0.2, 0) is 24.3 Å². The van der Waals surface area contributed by atoms with E-state index in [-0.39, 0.29) is 5.91 Å². The molecule has 1 fully saturated rings. The topological polar surface area (TPSA) is 47.6 Å². The predicted molar refractivity (Wildman–Crippen MR) is 120 cm³/mol. The normalized spacial score (nSPS) is 20.8. The molecule has 2 heterocycles. The summed E-state index contributed by atoms with van der Waals surface area (Å²) in [6.45, 7) is 9.62. The molecule has 6 nitrogen and oxygen atoms in total. The van der Waals surface area contributed by atoms with E-state index in [1.165, 1.54) is 27.2 Å². The van der Waals surface area contributed by atoms with Gasteiger partial charge in [0.15, 0.2) is 18.0 Å². The minimum atomic E-state index is 0.262. The Kier molecular flexibility index (Phi) is 6.78. The minimum Gasteiger partial charge on any atom is -0.493 e. The number of nitrogens with zero attached hydrogens (tertiary/aromatic N) is 1. The summed E-state index contributed by atoms with van der Waals surface area (Å²) < 4.78 is 10.9. The lowest BCUT2D eigenvalue weighted by molar-refractivity contribution is -1.02. The molecule has 0 bridgehead atoms. The van der Waals surface area contributed by atoms with Crippen molar-refractivity contribution >= 4 is 5.91 Å². The van der Waals surface area contributed by atoms with Gasteiger partial charge < -0.3 is 24.2 Å². The number of quaternary nitrogens is 2. The van der Waals surface area contributed by atoms with Crippen LogP contribution in [0.4, 0.5) is 0 Å². The van der Waals surface area contributed by atoms with E-state index in [0.717, 1.165) is 57.2 Å². The Hall–Kier alpha value is -2.57. The van der Waals surface area contributed by atoms with Gasteiger partial charge in [0.05, 0.1) is 14.2 Å². The van der Waals surface area contributed by atoms with Crippen molar-refractivity contribution < 1.29 is 24.1 Å². The van der Waals surface area contributed by atoms with Gasteiger partial charge in [-0.05, 0) is 36.6 Å². The first-order chi connectivity index (χ1) is 15.1. The van der Waals surface area contributed by atoms with E-state index in [2.05, 4.69) is 37.3 Å². The molecular weight excluding hydrogens is 390 g/mol. The third-order valence-electron chi connectivity index (χ3n) is 6.67. The maximum Gasteiger partial charge on any atom is 0.278 e. The van der Waals surface area contributed by atoms with Crippen molar-refractivity contribution in [3.05, 3.63) is 58.7 Å². The van der Waals surface area contributed by atoms with Gasteiger partial charge in [-0.1, -0.05) is 29.8 Å². The zero-order valence-corrected chi connectivity index (χ0v) is 19.0. The maximum absolute atomic E-state index is 13.0. The Morgan fingerprint density at radius 3 is 2.32 bits per heavy atom. The van der Waals surface area contributed by atoms with Crippen molar-refractivity contribution in [2.45, 2.75) is 26.4 Å². The highest BCUT2D eigenvalue weighted by molar-refractivity contribution is 5.77. The largest absolute Gasteiger partial charge is 0.493 e. The van der Waals surface area contributed by atoms with Crippen LogP contribution in [-0.4, -0.2) is 64.3 Å². The van der Waals surface area contributed by atoms with E-state index in [0.29, 0.717) is 13.1 Å². The zero-order chi connectivity index (χ0) is 21.8. The minimum absolute atomic E-state index is 0.262. The molecule has 2 aromatic rings. The molecule has 31 heavy (non-hydrogen) atoms. The van der Waals surface area contributed by atoms with Crippen LogP contribution >= 0.6 is 0 Å². The summed E-state index contributed by atoms with van der Waals surface area (Å²) in [5.41, 5.74) is 5.15. The lowest BCUT2D eigenvalue weighted by Crippen LogP contribution is -3.28. The van der Waals surface area contributed by atoms with Crippen LogP contribution in [0.5, 0.6) is 11.5 Å². The maximum atomic E-state index is 13.0. The highest BCUT2D eigenvalue weighted by Crippen LogP contribution is 2.33. The SMILES string of the molecule is COc1cc2c(cc1OC)CN(C(=O)C[NH+]1CC[NH+](Cc3cccc(C)c3)CC1)CC2. The summed E-state index contributed by atoms with van der Waals surface area (Å²) in [4.78, 5) is 18.0. The second-order valence-corrected chi connectivity index (χ2v) is 8.88. The van der Waals surface area contributed by atoms with Gasteiger partial charge in [-0.15, -0.1) is 0 Å². The number of hydrogen-bond acceptors (Lipinski definition) is 3. The molecule has 1 saturated heterocycles. The highest BCUT2D eigenvalue weighted by Gasteiger charge is 2.29. The van der Waals surface area contributed by atoms with Crippen LogP contribution in [0.3, 0.4) is 0 Å². The van der Waals surface area contributed by atoms with Crippen LogP contribution in [0.15, 0.2) is 36.4 Å². The molecule has 0 unspecified atom stereocenters. The number of fused-ring (bicyclic) bond motifs is 1. The number of carbonyl (C=O) groups is 1. The molecule has 0 radical (unpaired) electrons. The molecule has 1 amide bonds. The van der Waals surface area contributed by atoms with Gasteiger partial charge in [0.25, 0.3) is 5.91 Å². The fourth-order valence-corrected chi connectivity index (χ4v) is 4.84. The van der Waals surface area contributed by atoms with Crippen LogP contribution in [0.2, 0.25) is 0 Å². The number of carbonyl (C=O) groups excluding carboxylic acids is 1. The summed E-state index contributed by atoms with van der Waals surface area (Å²) in [6, 6.07) is 12.9. The first kappa shape index (κ1) is 21.7. The molecule has 2 aliphatic heterocycles. The van der Waals surface area contributed by atoms with E-state index < -0.39 is 0 Å². The number of benzene rings is 2. The van der Waals surface area contributed by atoms with Crippen molar-refractivity contribution in [1.29, 1.82) is 0 Å². The Bertz CT molecular complexity index is 922. The van der Waals surface area contributed by atoms with Gasteiger partial charge in [-0.3, -0.25) is 4.79 Å². The van der Waals surface area contributed by atoms with Crippen LogP contribution in [0, 0.1) is 6.92 Å². The van der Waals surface area contributed by atoms with E-state index >= 15 is 0 Å². The van der Waals surface area contributed by atoms with Gasteiger partial charge in [0.2, 0.25) is 0 Å². The average Bonchev–Trinajstić information content (AvgIpc) is 2.79. The van der Waals surface area contributed by atoms with Crippen LogP contribution in [0.1, 0.15) is 22.3 Å². The van der Waals surface area contributed by atoms with E-state index in [9.17, 15) is 4.79 Å². The van der Waals surface area contributed by atoms with Crippen molar-refractivity contribution in [3.8, 4) is 11.5 Å². The summed E-state index contributed by atoms with van der Waals surface area (Å²) in [6.07, 6.45) is 0.866. The molecule has 6 heteroatoms. The molecule has 0 aliphatic carbocycles. The van der Waals surface area contributed by atoms with Gasteiger partial charge >= 0.3 is 0 Å². The molecule has 0 atom stereocenters. The predicted octanol–water partition coefficient (Wildman–Crippen LogP) is -0.119. The number of hydrogen-bond donors (Lipinski definition) is 2. The van der Waals surface area contributed by atoms with Gasteiger partial charge in [-0.25, -0.2) is 0 Å². The summed E-state index contributed by atoms with van der Waals surface area (Å²) in [5, 5.41) is 0. The third-order valence-corrected chi connectivity index (χ3v) is 6.67. The van der Waals surface area contributed by atoms with Crippen molar-refractivity contribution in [3.63, 3.8) is 0 Å². The second-order valence-electron chi connectivity index (χ2n) is 8.88. The van der Waals surface area contributed by atoms with Crippen LogP contribution < -0.4 is 19.3 Å². The number of ether oxygens (including phenoxy) is 2. The second kappa shape index (κ2) is 9.71. The monoisotopic (exact) mass is 425 g/mol. The highest BCUT2D eigenvalue weighted by atomic mass is 16.5. The fourth-order valence-electron chi connectivity index (χ4n) is 4.84. The first-order valence-electron chi connectivity index (χ1n) is 11.3. The first-order valence-corrected chi connectivity index (χ1v) is 11.3. The molecular formula is C25H35N3O3+2. The molecule has 0 saturated carbocycles. The number of methoxy groups -OCH3 is 2. The lowest BCUT2D eigenvalue weighted by atomic mass is 9.98. The fraction of sp³-hybridized carbons (Fsp3) is 0.480. The number of aryl methyl sites for hydroxylation is 1. The Morgan fingerprint density at radius 2 is 1.65 bits per heavy atom. The van der Waals surface area contributed by atoms with E-state index in [1.807, 2.05) is 11.0 Å². The smallest absolute Gasteiger partial charge is 0.278 e. The molecule has 166 valence electrons. The summed E-state index contributed by atoms with van der Waals surface area (Å²) in [7, 11) is 3.31. The number of amides is 1. The quantitative estimate of drug-likeness (QED) is 0.679.